The summed E-state index contributed by atoms with van der Waals surface area (Å²) in [7, 11) is 1.63. The Morgan fingerprint density at radius 3 is 2.67 bits per heavy atom. The zero-order valence-electron chi connectivity index (χ0n) is 13.4. The third-order valence-electron chi connectivity index (χ3n) is 2.84. The van der Waals surface area contributed by atoms with Gasteiger partial charge in [0.15, 0.2) is 11.5 Å². The lowest BCUT2D eigenvalue weighted by Crippen LogP contribution is -2.32. The molecular weight excluding hydrogens is 268 g/mol. The van der Waals surface area contributed by atoms with Crippen molar-refractivity contribution in [2.24, 2.45) is 0 Å². The molecule has 0 spiro atoms. The first-order valence-corrected chi connectivity index (χ1v) is 7.36. The summed E-state index contributed by atoms with van der Waals surface area (Å²) < 4.78 is 10.8. The molecule has 0 aliphatic rings. The van der Waals surface area contributed by atoms with Crippen molar-refractivity contribution in [2.45, 2.75) is 39.8 Å². The fourth-order valence-electron chi connectivity index (χ4n) is 1.93. The lowest BCUT2D eigenvalue weighted by atomic mass is 10.2. The molecule has 118 valence electrons. The highest BCUT2D eigenvalue weighted by Gasteiger charge is 2.06. The summed E-state index contributed by atoms with van der Waals surface area (Å²) in [4.78, 5) is 11.5. The number of methoxy groups -OCH3 is 1. The van der Waals surface area contributed by atoms with Crippen LogP contribution in [0.1, 0.15) is 32.8 Å². The Balaban J connectivity index is 2.40. The second kappa shape index (κ2) is 9.23. The van der Waals surface area contributed by atoms with Crippen LogP contribution in [0.3, 0.4) is 0 Å². The van der Waals surface area contributed by atoms with Crippen LogP contribution in [0.25, 0.3) is 0 Å². The summed E-state index contributed by atoms with van der Waals surface area (Å²) in [5.41, 5.74) is 1.10. The summed E-state index contributed by atoms with van der Waals surface area (Å²) in [6.45, 7) is 7.80. The minimum Gasteiger partial charge on any atom is -0.493 e. The minimum atomic E-state index is 0.0711. The first kappa shape index (κ1) is 17.3. The van der Waals surface area contributed by atoms with E-state index >= 15 is 0 Å². The fourth-order valence-corrected chi connectivity index (χ4v) is 1.93. The topological polar surface area (TPSA) is 59.6 Å². The number of amides is 1. The van der Waals surface area contributed by atoms with E-state index in [9.17, 15) is 4.79 Å². The van der Waals surface area contributed by atoms with Gasteiger partial charge in [0.2, 0.25) is 5.91 Å². The Bertz CT molecular complexity index is 447. The van der Waals surface area contributed by atoms with Crippen molar-refractivity contribution in [3.05, 3.63) is 23.8 Å². The van der Waals surface area contributed by atoms with Crippen molar-refractivity contribution in [1.29, 1.82) is 0 Å². The van der Waals surface area contributed by atoms with Crippen LogP contribution in [0.5, 0.6) is 11.5 Å². The van der Waals surface area contributed by atoms with Crippen molar-refractivity contribution in [1.82, 2.24) is 10.6 Å². The lowest BCUT2D eigenvalue weighted by Gasteiger charge is -2.12. The Morgan fingerprint density at radius 2 is 2.05 bits per heavy atom. The van der Waals surface area contributed by atoms with Crippen LogP contribution in [0, 0.1) is 0 Å². The molecular formula is C16H26N2O3. The Hall–Kier alpha value is -1.75. The molecule has 1 amide bonds. The molecule has 0 unspecified atom stereocenters. The van der Waals surface area contributed by atoms with Gasteiger partial charge < -0.3 is 20.1 Å². The van der Waals surface area contributed by atoms with Crippen LogP contribution in [0.4, 0.5) is 0 Å². The molecule has 0 atom stereocenters. The monoisotopic (exact) mass is 294 g/mol. The van der Waals surface area contributed by atoms with Gasteiger partial charge in [0.25, 0.3) is 0 Å². The van der Waals surface area contributed by atoms with E-state index in [1.807, 2.05) is 39.0 Å². The minimum absolute atomic E-state index is 0.0711. The molecule has 5 nitrogen and oxygen atoms in total. The maximum Gasteiger partial charge on any atom is 0.221 e. The molecule has 5 heteroatoms. The summed E-state index contributed by atoms with van der Waals surface area (Å²) in [6.07, 6.45) is 0.479. The molecule has 2 N–H and O–H groups in total. The van der Waals surface area contributed by atoms with Gasteiger partial charge in [0.1, 0.15) is 0 Å². The zero-order chi connectivity index (χ0) is 15.7. The summed E-state index contributed by atoms with van der Waals surface area (Å²) >= 11 is 0. The lowest BCUT2D eigenvalue weighted by molar-refractivity contribution is -0.121. The van der Waals surface area contributed by atoms with E-state index in [4.69, 9.17) is 9.47 Å². The zero-order valence-corrected chi connectivity index (χ0v) is 13.4. The molecule has 0 bridgehead atoms. The molecule has 1 aromatic rings. The second-order valence-electron chi connectivity index (χ2n) is 5.07. The third-order valence-corrected chi connectivity index (χ3v) is 2.84. The predicted molar refractivity (Wildman–Crippen MR) is 83.8 cm³/mol. The van der Waals surface area contributed by atoms with Gasteiger partial charge in [-0.2, -0.15) is 0 Å². The number of carbonyl (C=O) groups excluding carboxylic acids is 1. The van der Waals surface area contributed by atoms with Crippen molar-refractivity contribution in [3.63, 3.8) is 0 Å². The fraction of sp³-hybridized carbons (Fsp3) is 0.562. The highest BCUT2D eigenvalue weighted by molar-refractivity contribution is 5.76. The molecule has 0 aromatic heterocycles. The highest BCUT2D eigenvalue weighted by atomic mass is 16.5. The van der Waals surface area contributed by atoms with Gasteiger partial charge in [-0.25, -0.2) is 0 Å². The number of benzene rings is 1. The van der Waals surface area contributed by atoms with Crippen molar-refractivity contribution in [3.8, 4) is 11.5 Å². The maximum atomic E-state index is 11.5. The van der Waals surface area contributed by atoms with Gasteiger partial charge in [-0.1, -0.05) is 6.07 Å². The van der Waals surface area contributed by atoms with Crippen LogP contribution in [0.2, 0.25) is 0 Å². The summed E-state index contributed by atoms with van der Waals surface area (Å²) in [5.74, 6) is 1.55. The van der Waals surface area contributed by atoms with E-state index in [1.165, 1.54) is 0 Å². The summed E-state index contributed by atoms with van der Waals surface area (Å²) in [5, 5.41) is 6.12. The average molecular weight is 294 g/mol. The molecule has 0 aliphatic heterocycles. The van der Waals surface area contributed by atoms with Gasteiger partial charge in [-0.3, -0.25) is 4.79 Å². The standard InChI is InChI=1S/C16H26N2O3/c1-5-21-14-7-6-13(10-15(14)20-4)11-17-9-8-16(19)18-12(2)3/h6-7,10,12,17H,5,8-9,11H2,1-4H3,(H,18,19). The van der Waals surface area contributed by atoms with E-state index in [-0.39, 0.29) is 11.9 Å². The van der Waals surface area contributed by atoms with Crippen LogP contribution in [0.15, 0.2) is 18.2 Å². The molecule has 0 heterocycles. The summed E-state index contributed by atoms with van der Waals surface area (Å²) in [6, 6.07) is 6.04. The SMILES string of the molecule is CCOc1ccc(CNCCC(=O)NC(C)C)cc1OC. The number of ether oxygens (including phenoxy) is 2. The van der Waals surface area contributed by atoms with Gasteiger partial charge in [0.05, 0.1) is 13.7 Å². The van der Waals surface area contributed by atoms with E-state index in [1.54, 1.807) is 7.11 Å². The van der Waals surface area contributed by atoms with Gasteiger partial charge in [0, 0.05) is 25.6 Å². The van der Waals surface area contributed by atoms with Gasteiger partial charge >= 0.3 is 0 Å². The molecule has 21 heavy (non-hydrogen) atoms. The number of nitrogens with one attached hydrogen (secondary N) is 2. The molecule has 0 saturated carbocycles. The molecule has 0 aliphatic carbocycles. The smallest absolute Gasteiger partial charge is 0.221 e. The van der Waals surface area contributed by atoms with Crippen LogP contribution in [-0.4, -0.2) is 32.2 Å². The maximum absolute atomic E-state index is 11.5. The van der Waals surface area contributed by atoms with Crippen molar-refractivity contribution >= 4 is 5.91 Å². The highest BCUT2D eigenvalue weighted by Crippen LogP contribution is 2.27. The number of hydrogen-bond donors (Lipinski definition) is 2. The van der Waals surface area contributed by atoms with Crippen molar-refractivity contribution < 1.29 is 14.3 Å². The van der Waals surface area contributed by atoms with E-state index in [0.29, 0.717) is 26.1 Å². The first-order valence-electron chi connectivity index (χ1n) is 7.36. The van der Waals surface area contributed by atoms with Crippen LogP contribution < -0.4 is 20.1 Å². The van der Waals surface area contributed by atoms with Gasteiger partial charge in [-0.05, 0) is 38.5 Å². The van der Waals surface area contributed by atoms with Crippen LogP contribution in [-0.2, 0) is 11.3 Å². The average Bonchev–Trinajstić information content (AvgIpc) is 2.44. The third kappa shape index (κ3) is 6.49. The van der Waals surface area contributed by atoms with Crippen LogP contribution >= 0.6 is 0 Å². The molecule has 1 rings (SSSR count). The normalized spacial score (nSPS) is 10.5. The number of hydrogen-bond acceptors (Lipinski definition) is 4. The van der Waals surface area contributed by atoms with Crippen molar-refractivity contribution in [2.75, 3.05) is 20.3 Å². The predicted octanol–water partition coefficient (Wildman–Crippen LogP) is 2.10. The Morgan fingerprint density at radius 1 is 1.29 bits per heavy atom. The van der Waals surface area contributed by atoms with E-state index in [2.05, 4.69) is 10.6 Å². The molecule has 0 saturated heterocycles. The number of rotatable bonds is 9. The Kier molecular flexibility index (Phi) is 7.61. The first-order chi connectivity index (χ1) is 10.1. The largest absolute Gasteiger partial charge is 0.493 e. The molecule has 0 radical (unpaired) electrons. The second-order valence-corrected chi connectivity index (χ2v) is 5.07. The van der Waals surface area contributed by atoms with E-state index < -0.39 is 0 Å². The Labute approximate surface area is 127 Å². The van der Waals surface area contributed by atoms with Gasteiger partial charge in [-0.15, -0.1) is 0 Å². The number of carbonyl (C=O) groups is 1. The molecule has 0 fully saturated rings. The molecule has 1 aromatic carbocycles. The quantitative estimate of drug-likeness (QED) is 0.685. The van der Waals surface area contributed by atoms with E-state index in [0.717, 1.165) is 17.1 Å².